The largest absolute Gasteiger partial charge is 0.310 e. The first-order chi connectivity index (χ1) is 8.51. The molecule has 102 valence electrons. The van der Waals surface area contributed by atoms with Crippen LogP contribution in [0.3, 0.4) is 0 Å². The highest BCUT2D eigenvalue weighted by atomic mass is 19.2. The number of halogens is 3. The van der Waals surface area contributed by atoms with E-state index < -0.39 is 17.5 Å². The van der Waals surface area contributed by atoms with Gasteiger partial charge in [0.25, 0.3) is 0 Å². The van der Waals surface area contributed by atoms with E-state index in [-0.39, 0.29) is 12.0 Å². The second-order valence-corrected chi connectivity index (χ2v) is 4.60. The van der Waals surface area contributed by atoms with E-state index in [4.69, 9.17) is 0 Å². The molecular weight excluding hydrogens is 239 g/mol. The fourth-order valence-electron chi connectivity index (χ4n) is 2.24. The standard InChI is InChI=1S/C14H20F3N/c1-4-6-9(3)14(18-5-2)10-7-11(15)13(17)12(16)8-10/h7-9,14,18H,4-6H2,1-3H3. The normalized spacial score (nSPS) is 14.6. The molecule has 0 fully saturated rings. The quantitative estimate of drug-likeness (QED) is 0.755. The van der Waals surface area contributed by atoms with Gasteiger partial charge in [0, 0.05) is 6.04 Å². The molecule has 2 atom stereocenters. The summed E-state index contributed by atoms with van der Waals surface area (Å²) in [7, 11) is 0. The van der Waals surface area contributed by atoms with Crippen molar-refractivity contribution in [3.05, 3.63) is 35.1 Å². The molecule has 0 aliphatic carbocycles. The Morgan fingerprint density at radius 2 is 1.67 bits per heavy atom. The number of hydrogen-bond acceptors (Lipinski definition) is 1. The van der Waals surface area contributed by atoms with Crippen molar-refractivity contribution in [1.82, 2.24) is 5.32 Å². The molecule has 0 radical (unpaired) electrons. The van der Waals surface area contributed by atoms with Crippen LogP contribution in [0.25, 0.3) is 0 Å². The van der Waals surface area contributed by atoms with Crippen molar-refractivity contribution < 1.29 is 13.2 Å². The number of nitrogens with one attached hydrogen (secondary N) is 1. The molecule has 0 amide bonds. The van der Waals surface area contributed by atoms with Crippen LogP contribution < -0.4 is 5.32 Å². The molecule has 1 N–H and O–H groups in total. The van der Waals surface area contributed by atoms with Crippen molar-refractivity contribution >= 4 is 0 Å². The van der Waals surface area contributed by atoms with E-state index in [1.165, 1.54) is 0 Å². The lowest BCUT2D eigenvalue weighted by Gasteiger charge is -2.25. The van der Waals surface area contributed by atoms with Gasteiger partial charge < -0.3 is 5.32 Å². The van der Waals surface area contributed by atoms with Crippen LogP contribution in [-0.2, 0) is 0 Å². The van der Waals surface area contributed by atoms with Crippen molar-refractivity contribution in [2.75, 3.05) is 6.54 Å². The predicted octanol–water partition coefficient (Wildman–Crippen LogP) is 4.19. The molecule has 1 nitrogen and oxygen atoms in total. The summed E-state index contributed by atoms with van der Waals surface area (Å²) < 4.78 is 39.4. The lowest BCUT2D eigenvalue weighted by atomic mass is 9.91. The van der Waals surface area contributed by atoms with Crippen molar-refractivity contribution in [2.24, 2.45) is 5.92 Å². The third-order valence-corrected chi connectivity index (χ3v) is 3.10. The van der Waals surface area contributed by atoms with Crippen LogP contribution in [0.1, 0.15) is 45.2 Å². The first-order valence-electron chi connectivity index (χ1n) is 6.39. The van der Waals surface area contributed by atoms with E-state index in [0.717, 1.165) is 25.0 Å². The van der Waals surface area contributed by atoms with E-state index in [2.05, 4.69) is 12.2 Å². The summed E-state index contributed by atoms with van der Waals surface area (Å²) >= 11 is 0. The number of hydrogen-bond donors (Lipinski definition) is 1. The Labute approximate surface area is 106 Å². The Morgan fingerprint density at radius 1 is 1.11 bits per heavy atom. The minimum atomic E-state index is -1.41. The van der Waals surface area contributed by atoms with E-state index in [1.54, 1.807) is 0 Å². The van der Waals surface area contributed by atoms with Crippen molar-refractivity contribution in [3.8, 4) is 0 Å². The Bertz CT molecular complexity index is 370. The Balaban J connectivity index is 3.05. The molecule has 0 aliphatic rings. The molecule has 0 heterocycles. The fraction of sp³-hybridized carbons (Fsp3) is 0.571. The topological polar surface area (TPSA) is 12.0 Å². The number of benzene rings is 1. The van der Waals surface area contributed by atoms with Gasteiger partial charge in [-0.25, -0.2) is 13.2 Å². The van der Waals surface area contributed by atoms with Gasteiger partial charge in [0.2, 0.25) is 0 Å². The van der Waals surface area contributed by atoms with Gasteiger partial charge in [-0.05, 0) is 36.6 Å². The predicted molar refractivity (Wildman–Crippen MR) is 66.8 cm³/mol. The molecule has 1 aromatic carbocycles. The molecule has 1 rings (SSSR count). The molecule has 0 saturated carbocycles. The van der Waals surface area contributed by atoms with Gasteiger partial charge in [0.1, 0.15) is 0 Å². The molecular formula is C14H20F3N. The summed E-state index contributed by atoms with van der Waals surface area (Å²) in [5.41, 5.74) is 0.467. The second kappa shape index (κ2) is 6.78. The lowest BCUT2D eigenvalue weighted by molar-refractivity contribution is 0.363. The Kier molecular flexibility index (Phi) is 5.66. The van der Waals surface area contributed by atoms with Gasteiger partial charge in [-0.3, -0.25) is 0 Å². The lowest BCUT2D eigenvalue weighted by Crippen LogP contribution is -2.27. The van der Waals surface area contributed by atoms with Crippen LogP contribution in [0, 0.1) is 23.4 Å². The highest BCUT2D eigenvalue weighted by Gasteiger charge is 2.21. The van der Waals surface area contributed by atoms with Gasteiger partial charge in [-0.15, -0.1) is 0 Å². The number of rotatable bonds is 6. The summed E-state index contributed by atoms with van der Waals surface area (Å²) in [6, 6.07) is 2.01. The van der Waals surface area contributed by atoms with E-state index in [0.29, 0.717) is 12.1 Å². The molecule has 0 aliphatic heterocycles. The van der Waals surface area contributed by atoms with Crippen LogP contribution >= 0.6 is 0 Å². The second-order valence-electron chi connectivity index (χ2n) is 4.60. The maximum absolute atomic E-state index is 13.2. The molecule has 18 heavy (non-hydrogen) atoms. The molecule has 0 spiro atoms. The average molecular weight is 259 g/mol. The Morgan fingerprint density at radius 3 is 2.11 bits per heavy atom. The summed E-state index contributed by atoms with van der Waals surface area (Å²) in [5, 5.41) is 3.20. The van der Waals surface area contributed by atoms with Crippen molar-refractivity contribution in [3.63, 3.8) is 0 Å². The smallest absolute Gasteiger partial charge is 0.194 e. The van der Waals surface area contributed by atoms with Crippen LogP contribution in [0.15, 0.2) is 12.1 Å². The van der Waals surface area contributed by atoms with Crippen LogP contribution in [0.4, 0.5) is 13.2 Å². The first kappa shape index (κ1) is 15.0. The van der Waals surface area contributed by atoms with Gasteiger partial charge in [0.05, 0.1) is 0 Å². The van der Waals surface area contributed by atoms with Crippen molar-refractivity contribution in [1.29, 1.82) is 0 Å². The summed E-state index contributed by atoms with van der Waals surface area (Å²) in [4.78, 5) is 0. The van der Waals surface area contributed by atoms with Gasteiger partial charge in [-0.1, -0.05) is 27.2 Å². The highest BCUT2D eigenvalue weighted by Crippen LogP contribution is 2.27. The molecule has 0 bridgehead atoms. The minimum absolute atomic E-state index is 0.153. The Hall–Kier alpha value is -1.03. The fourth-order valence-corrected chi connectivity index (χ4v) is 2.24. The van der Waals surface area contributed by atoms with Crippen LogP contribution in [0.2, 0.25) is 0 Å². The molecule has 4 heteroatoms. The van der Waals surface area contributed by atoms with Crippen molar-refractivity contribution in [2.45, 2.75) is 39.7 Å². The van der Waals surface area contributed by atoms with E-state index >= 15 is 0 Å². The molecule has 0 saturated heterocycles. The summed E-state index contributed by atoms with van der Waals surface area (Å²) in [6.45, 7) is 6.71. The van der Waals surface area contributed by atoms with Gasteiger partial charge >= 0.3 is 0 Å². The molecule has 0 aromatic heterocycles. The van der Waals surface area contributed by atoms with E-state index in [1.807, 2.05) is 13.8 Å². The van der Waals surface area contributed by atoms with Crippen LogP contribution in [-0.4, -0.2) is 6.54 Å². The third kappa shape index (κ3) is 3.48. The van der Waals surface area contributed by atoms with Gasteiger partial charge in [0.15, 0.2) is 17.5 Å². The average Bonchev–Trinajstić information content (AvgIpc) is 2.32. The SMILES string of the molecule is CCCC(C)C(NCC)c1cc(F)c(F)c(F)c1. The highest BCUT2D eigenvalue weighted by molar-refractivity contribution is 5.23. The first-order valence-corrected chi connectivity index (χ1v) is 6.39. The zero-order valence-electron chi connectivity index (χ0n) is 11.1. The van der Waals surface area contributed by atoms with Gasteiger partial charge in [-0.2, -0.15) is 0 Å². The zero-order valence-corrected chi connectivity index (χ0v) is 11.1. The van der Waals surface area contributed by atoms with Crippen LogP contribution in [0.5, 0.6) is 0 Å². The monoisotopic (exact) mass is 259 g/mol. The maximum Gasteiger partial charge on any atom is 0.194 e. The zero-order chi connectivity index (χ0) is 13.7. The molecule has 1 aromatic rings. The maximum atomic E-state index is 13.2. The molecule has 2 unspecified atom stereocenters. The third-order valence-electron chi connectivity index (χ3n) is 3.10. The minimum Gasteiger partial charge on any atom is -0.310 e. The summed E-state index contributed by atoms with van der Waals surface area (Å²) in [6.07, 6.45) is 1.94. The summed E-state index contributed by atoms with van der Waals surface area (Å²) in [5.74, 6) is -3.43. The van der Waals surface area contributed by atoms with E-state index in [9.17, 15) is 13.2 Å².